The van der Waals surface area contributed by atoms with Crippen molar-refractivity contribution in [3.8, 4) is 6.07 Å². The van der Waals surface area contributed by atoms with Gasteiger partial charge in [-0.2, -0.15) is 5.26 Å². The first-order valence-electron chi connectivity index (χ1n) is 5.81. The van der Waals surface area contributed by atoms with Crippen molar-refractivity contribution in [2.45, 2.75) is 46.1 Å². The van der Waals surface area contributed by atoms with Crippen molar-refractivity contribution in [1.82, 2.24) is 5.32 Å². The normalized spacial score (nSPS) is 12.9. The summed E-state index contributed by atoms with van der Waals surface area (Å²) in [7, 11) is 1.60. The topological polar surface area (TPSA) is 62.1 Å². The molecule has 1 N–H and O–H groups in total. The molecule has 92 valence electrons. The molecule has 4 heteroatoms. The largest absolute Gasteiger partial charge is 0.383 e. The SMILES string of the molecule is CCC(COC)NC(=O)C(C#N)(CC)CC. The number of methoxy groups -OCH3 is 1. The van der Waals surface area contributed by atoms with Crippen LogP contribution in [0.5, 0.6) is 0 Å². The molecule has 0 saturated carbocycles. The third-order valence-corrected chi connectivity index (χ3v) is 3.05. The molecule has 0 saturated heterocycles. The molecule has 0 aliphatic heterocycles. The molecule has 16 heavy (non-hydrogen) atoms. The monoisotopic (exact) mass is 226 g/mol. The summed E-state index contributed by atoms with van der Waals surface area (Å²) in [6, 6.07) is 2.12. The van der Waals surface area contributed by atoms with Crippen LogP contribution in [0.3, 0.4) is 0 Å². The summed E-state index contributed by atoms with van der Waals surface area (Å²) in [4.78, 5) is 12.0. The van der Waals surface area contributed by atoms with Gasteiger partial charge in [0, 0.05) is 7.11 Å². The molecular weight excluding hydrogens is 204 g/mol. The molecule has 0 heterocycles. The van der Waals surface area contributed by atoms with Crippen LogP contribution < -0.4 is 5.32 Å². The minimum absolute atomic E-state index is 0.0108. The molecule has 0 aliphatic carbocycles. The fraction of sp³-hybridized carbons (Fsp3) is 0.833. The van der Waals surface area contributed by atoms with Gasteiger partial charge in [-0.3, -0.25) is 4.79 Å². The second-order valence-electron chi connectivity index (χ2n) is 3.93. The summed E-state index contributed by atoms with van der Waals surface area (Å²) in [5.74, 6) is -0.177. The lowest BCUT2D eigenvalue weighted by molar-refractivity contribution is -0.129. The number of hydrogen-bond donors (Lipinski definition) is 1. The summed E-state index contributed by atoms with van der Waals surface area (Å²) in [5, 5.41) is 12.0. The van der Waals surface area contributed by atoms with Crippen LogP contribution in [0.1, 0.15) is 40.0 Å². The molecule has 0 fully saturated rings. The van der Waals surface area contributed by atoms with Crippen LogP contribution in [0.15, 0.2) is 0 Å². The quantitative estimate of drug-likeness (QED) is 0.720. The van der Waals surface area contributed by atoms with Crippen LogP contribution >= 0.6 is 0 Å². The standard InChI is InChI=1S/C12H22N2O2/c1-5-10(8-16-4)14-11(15)12(6-2,7-3)9-13/h10H,5-8H2,1-4H3,(H,14,15). The first-order chi connectivity index (χ1) is 7.60. The van der Waals surface area contributed by atoms with Crippen molar-refractivity contribution in [3.05, 3.63) is 0 Å². The van der Waals surface area contributed by atoms with E-state index in [1.54, 1.807) is 7.11 Å². The van der Waals surface area contributed by atoms with Gasteiger partial charge in [-0.25, -0.2) is 0 Å². The molecule has 1 unspecified atom stereocenters. The van der Waals surface area contributed by atoms with Crippen molar-refractivity contribution >= 4 is 5.91 Å². The third-order valence-electron chi connectivity index (χ3n) is 3.05. The Labute approximate surface area is 98.0 Å². The zero-order chi connectivity index (χ0) is 12.6. The molecule has 4 nitrogen and oxygen atoms in total. The summed E-state index contributed by atoms with van der Waals surface area (Å²) in [6.45, 7) is 6.19. The van der Waals surface area contributed by atoms with Crippen molar-refractivity contribution in [2.75, 3.05) is 13.7 Å². The van der Waals surface area contributed by atoms with E-state index in [1.165, 1.54) is 0 Å². The molecule has 0 spiro atoms. The van der Waals surface area contributed by atoms with E-state index < -0.39 is 5.41 Å². The molecule has 1 atom stereocenters. The summed E-state index contributed by atoms with van der Waals surface area (Å²) >= 11 is 0. The van der Waals surface area contributed by atoms with E-state index in [0.717, 1.165) is 6.42 Å². The van der Waals surface area contributed by atoms with Crippen LogP contribution in [0.4, 0.5) is 0 Å². The van der Waals surface area contributed by atoms with Crippen LogP contribution in [-0.2, 0) is 9.53 Å². The minimum Gasteiger partial charge on any atom is -0.383 e. The number of ether oxygens (including phenoxy) is 1. The lowest BCUT2D eigenvalue weighted by atomic mass is 9.83. The van der Waals surface area contributed by atoms with Gasteiger partial charge in [0.15, 0.2) is 0 Å². The Kier molecular flexibility index (Phi) is 6.75. The van der Waals surface area contributed by atoms with Crippen LogP contribution in [0.2, 0.25) is 0 Å². The number of amides is 1. The number of carbonyl (C=O) groups excluding carboxylic acids is 1. The van der Waals surface area contributed by atoms with E-state index in [2.05, 4.69) is 11.4 Å². The maximum Gasteiger partial charge on any atom is 0.240 e. The molecule has 0 rings (SSSR count). The zero-order valence-electron chi connectivity index (χ0n) is 10.7. The Morgan fingerprint density at radius 2 is 2.00 bits per heavy atom. The first kappa shape index (κ1) is 14.9. The number of rotatable bonds is 7. The molecule has 0 bridgehead atoms. The van der Waals surface area contributed by atoms with Gasteiger partial charge in [0.05, 0.1) is 18.7 Å². The first-order valence-corrected chi connectivity index (χ1v) is 5.81. The molecule has 0 aliphatic rings. The van der Waals surface area contributed by atoms with Gasteiger partial charge in [-0.05, 0) is 19.3 Å². The molecular formula is C12H22N2O2. The van der Waals surface area contributed by atoms with Crippen molar-refractivity contribution < 1.29 is 9.53 Å². The van der Waals surface area contributed by atoms with Gasteiger partial charge in [0.25, 0.3) is 0 Å². The highest BCUT2D eigenvalue weighted by atomic mass is 16.5. The van der Waals surface area contributed by atoms with Crippen LogP contribution in [0, 0.1) is 16.7 Å². The van der Waals surface area contributed by atoms with E-state index in [-0.39, 0.29) is 11.9 Å². The van der Waals surface area contributed by atoms with Crippen LogP contribution in [-0.4, -0.2) is 25.7 Å². The highest BCUT2D eigenvalue weighted by molar-refractivity contribution is 5.85. The predicted octanol–water partition coefficient (Wildman–Crippen LogP) is 1.86. The molecule has 1 amide bonds. The Morgan fingerprint density at radius 1 is 1.44 bits per heavy atom. The summed E-state index contributed by atoms with van der Waals surface area (Å²) in [5.41, 5.74) is -0.888. The summed E-state index contributed by atoms with van der Waals surface area (Å²) < 4.78 is 5.01. The van der Waals surface area contributed by atoms with Gasteiger partial charge in [0.1, 0.15) is 5.41 Å². The fourth-order valence-electron chi connectivity index (χ4n) is 1.57. The Morgan fingerprint density at radius 3 is 2.31 bits per heavy atom. The van der Waals surface area contributed by atoms with Crippen molar-refractivity contribution in [2.24, 2.45) is 5.41 Å². The predicted molar refractivity (Wildman–Crippen MR) is 62.7 cm³/mol. The van der Waals surface area contributed by atoms with E-state index in [1.807, 2.05) is 20.8 Å². The lowest BCUT2D eigenvalue weighted by Crippen LogP contribution is -2.46. The number of nitrogens with zero attached hydrogens (tertiary/aromatic N) is 1. The van der Waals surface area contributed by atoms with E-state index in [4.69, 9.17) is 10.00 Å². The number of nitriles is 1. The Bertz CT molecular complexity index is 254. The van der Waals surface area contributed by atoms with Crippen molar-refractivity contribution in [3.63, 3.8) is 0 Å². The van der Waals surface area contributed by atoms with E-state index in [0.29, 0.717) is 19.4 Å². The highest BCUT2D eigenvalue weighted by Crippen LogP contribution is 2.25. The van der Waals surface area contributed by atoms with Gasteiger partial charge < -0.3 is 10.1 Å². The molecule has 0 radical (unpaired) electrons. The van der Waals surface area contributed by atoms with Crippen molar-refractivity contribution in [1.29, 1.82) is 5.26 Å². The van der Waals surface area contributed by atoms with E-state index in [9.17, 15) is 4.79 Å². The minimum atomic E-state index is -0.888. The Hall–Kier alpha value is -1.08. The molecule has 0 aromatic carbocycles. The summed E-state index contributed by atoms with van der Waals surface area (Å²) in [6.07, 6.45) is 1.87. The van der Waals surface area contributed by atoms with Gasteiger partial charge in [-0.15, -0.1) is 0 Å². The lowest BCUT2D eigenvalue weighted by Gasteiger charge is -2.25. The maximum absolute atomic E-state index is 12.0. The average molecular weight is 226 g/mol. The average Bonchev–Trinajstić information content (AvgIpc) is 2.31. The van der Waals surface area contributed by atoms with Gasteiger partial charge in [0.2, 0.25) is 5.91 Å². The smallest absolute Gasteiger partial charge is 0.240 e. The Balaban J connectivity index is 4.59. The number of nitrogens with one attached hydrogen (secondary N) is 1. The number of hydrogen-bond acceptors (Lipinski definition) is 3. The maximum atomic E-state index is 12.0. The second-order valence-corrected chi connectivity index (χ2v) is 3.93. The zero-order valence-corrected chi connectivity index (χ0v) is 10.7. The van der Waals surface area contributed by atoms with Gasteiger partial charge >= 0.3 is 0 Å². The van der Waals surface area contributed by atoms with E-state index >= 15 is 0 Å². The third kappa shape index (κ3) is 3.49. The highest BCUT2D eigenvalue weighted by Gasteiger charge is 2.35. The van der Waals surface area contributed by atoms with Crippen LogP contribution in [0.25, 0.3) is 0 Å². The molecule has 0 aromatic heterocycles. The molecule has 0 aromatic rings. The number of carbonyl (C=O) groups is 1. The second kappa shape index (κ2) is 7.24. The fourth-order valence-corrected chi connectivity index (χ4v) is 1.57. The van der Waals surface area contributed by atoms with Gasteiger partial charge in [-0.1, -0.05) is 20.8 Å².